The third kappa shape index (κ3) is 3.76. The first-order chi connectivity index (χ1) is 10.3. The summed E-state index contributed by atoms with van der Waals surface area (Å²) >= 11 is 1.91. The molecule has 2 fully saturated rings. The largest absolute Gasteiger partial charge is 0.384 e. The van der Waals surface area contributed by atoms with Crippen LogP contribution < -0.4 is 10.2 Å². The van der Waals surface area contributed by atoms with Crippen molar-refractivity contribution in [1.29, 1.82) is 0 Å². The Morgan fingerprint density at radius 1 is 1.38 bits per heavy atom. The number of hydrogen-bond donors (Lipinski definition) is 1. The molecule has 0 spiro atoms. The van der Waals surface area contributed by atoms with Crippen molar-refractivity contribution in [3.05, 3.63) is 10.6 Å². The Morgan fingerprint density at radius 3 is 2.95 bits per heavy atom. The summed E-state index contributed by atoms with van der Waals surface area (Å²) in [5.41, 5.74) is 1.38. The van der Waals surface area contributed by atoms with Crippen molar-refractivity contribution in [2.45, 2.75) is 45.1 Å². The lowest BCUT2D eigenvalue weighted by atomic mass is 9.99. The minimum atomic E-state index is 0.661. The Labute approximate surface area is 131 Å². The minimum absolute atomic E-state index is 0.661. The number of nitrogens with zero attached hydrogens (tertiary/aromatic N) is 2. The standard InChI is InChI=1S/C16H27N3OS/c1-3-17-9-14-15(13-6-7-13)18-16(21-14)19-8-4-5-12(10-19)11-20-2/h12-13,17H,3-11H2,1-2H3. The number of rotatable bonds is 7. The van der Waals surface area contributed by atoms with Crippen molar-refractivity contribution in [3.63, 3.8) is 0 Å². The van der Waals surface area contributed by atoms with Crippen LogP contribution in [0.2, 0.25) is 0 Å². The molecule has 0 bridgehead atoms. The van der Waals surface area contributed by atoms with E-state index in [2.05, 4.69) is 17.1 Å². The molecule has 118 valence electrons. The average molecular weight is 309 g/mol. The van der Waals surface area contributed by atoms with Crippen LogP contribution in [0.15, 0.2) is 0 Å². The predicted molar refractivity (Wildman–Crippen MR) is 88.3 cm³/mol. The lowest BCUT2D eigenvalue weighted by molar-refractivity contribution is 0.143. The van der Waals surface area contributed by atoms with E-state index in [1.165, 1.54) is 41.4 Å². The van der Waals surface area contributed by atoms with Crippen LogP contribution in [0.25, 0.3) is 0 Å². The quantitative estimate of drug-likeness (QED) is 0.840. The number of thiazole rings is 1. The van der Waals surface area contributed by atoms with Crippen LogP contribution in [0.1, 0.15) is 49.1 Å². The summed E-state index contributed by atoms with van der Waals surface area (Å²) in [5, 5.41) is 4.71. The smallest absolute Gasteiger partial charge is 0.185 e. The summed E-state index contributed by atoms with van der Waals surface area (Å²) < 4.78 is 5.34. The lowest BCUT2D eigenvalue weighted by Crippen LogP contribution is -2.37. The van der Waals surface area contributed by atoms with Gasteiger partial charge in [-0.1, -0.05) is 6.92 Å². The summed E-state index contributed by atoms with van der Waals surface area (Å²) in [6.45, 7) is 7.30. The van der Waals surface area contributed by atoms with Gasteiger partial charge in [0, 0.05) is 37.5 Å². The minimum Gasteiger partial charge on any atom is -0.384 e. The number of methoxy groups -OCH3 is 1. The van der Waals surface area contributed by atoms with Crippen LogP contribution in [-0.2, 0) is 11.3 Å². The van der Waals surface area contributed by atoms with Gasteiger partial charge in [0.2, 0.25) is 0 Å². The molecule has 1 aliphatic carbocycles. The van der Waals surface area contributed by atoms with Crippen molar-refractivity contribution >= 4 is 16.5 Å². The van der Waals surface area contributed by atoms with Gasteiger partial charge in [0.15, 0.2) is 5.13 Å². The molecule has 0 amide bonds. The van der Waals surface area contributed by atoms with Crippen LogP contribution >= 0.6 is 11.3 Å². The number of nitrogens with one attached hydrogen (secondary N) is 1. The average Bonchev–Trinajstić information content (AvgIpc) is 3.26. The second-order valence-electron chi connectivity index (χ2n) is 6.27. The molecule has 3 rings (SSSR count). The highest BCUT2D eigenvalue weighted by Gasteiger charge is 2.31. The van der Waals surface area contributed by atoms with E-state index in [-0.39, 0.29) is 0 Å². The van der Waals surface area contributed by atoms with Gasteiger partial charge in [-0.3, -0.25) is 0 Å². The molecule has 21 heavy (non-hydrogen) atoms. The van der Waals surface area contributed by atoms with E-state index in [9.17, 15) is 0 Å². The number of anilines is 1. The molecule has 1 saturated heterocycles. The Morgan fingerprint density at radius 2 is 2.24 bits per heavy atom. The summed E-state index contributed by atoms with van der Waals surface area (Å²) in [5.74, 6) is 1.40. The molecule has 0 radical (unpaired) electrons. The van der Waals surface area contributed by atoms with Crippen LogP contribution in [0, 0.1) is 5.92 Å². The Kier molecular flexibility index (Phi) is 5.14. The highest BCUT2D eigenvalue weighted by Crippen LogP contribution is 2.44. The molecular weight excluding hydrogens is 282 g/mol. The molecule has 0 aromatic carbocycles. The highest BCUT2D eigenvalue weighted by atomic mass is 32.1. The molecule has 1 saturated carbocycles. The number of hydrogen-bond acceptors (Lipinski definition) is 5. The molecule has 1 aliphatic heterocycles. The number of ether oxygens (including phenoxy) is 1. The Hall–Kier alpha value is -0.650. The zero-order valence-corrected chi connectivity index (χ0v) is 14.0. The van der Waals surface area contributed by atoms with E-state index < -0.39 is 0 Å². The molecule has 1 aromatic heterocycles. The van der Waals surface area contributed by atoms with Crippen molar-refractivity contribution in [2.24, 2.45) is 5.92 Å². The summed E-state index contributed by atoms with van der Waals surface area (Å²) in [6, 6.07) is 0. The van der Waals surface area contributed by atoms with Crippen molar-refractivity contribution in [3.8, 4) is 0 Å². The topological polar surface area (TPSA) is 37.4 Å². The monoisotopic (exact) mass is 309 g/mol. The predicted octanol–water partition coefficient (Wildman–Crippen LogP) is 2.99. The molecule has 2 aliphatic rings. The summed E-state index contributed by atoms with van der Waals surface area (Å²) in [6.07, 6.45) is 5.20. The molecule has 1 N–H and O–H groups in total. The molecule has 1 atom stereocenters. The van der Waals surface area contributed by atoms with E-state index in [4.69, 9.17) is 9.72 Å². The van der Waals surface area contributed by atoms with Crippen molar-refractivity contribution in [1.82, 2.24) is 10.3 Å². The van der Waals surface area contributed by atoms with Gasteiger partial charge in [-0.25, -0.2) is 4.98 Å². The van der Waals surface area contributed by atoms with Gasteiger partial charge in [0.1, 0.15) is 0 Å². The zero-order chi connectivity index (χ0) is 14.7. The van der Waals surface area contributed by atoms with E-state index in [1.54, 1.807) is 0 Å². The third-order valence-electron chi connectivity index (χ3n) is 4.41. The maximum atomic E-state index is 5.34. The van der Waals surface area contributed by atoms with Crippen LogP contribution in [-0.4, -0.2) is 38.3 Å². The van der Waals surface area contributed by atoms with Crippen LogP contribution in [0.5, 0.6) is 0 Å². The van der Waals surface area contributed by atoms with Crippen molar-refractivity contribution < 1.29 is 4.74 Å². The van der Waals surface area contributed by atoms with Gasteiger partial charge in [0.25, 0.3) is 0 Å². The van der Waals surface area contributed by atoms with Gasteiger partial charge in [-0.05, 0) is 38.1 Å². The van der Waals surface area contributed by atoms with Crippen molar-refractivity contribution in [2.75, 3.05) is 38.3 Å². The second kappa shape index (κ2) is 7.07. The highest BCUT2D eigenvalue weighted by molar-refractivity contribution is 7.15. The fourth-order valence-corrected chi connectivity index (χ4v) is 4.29. The number of piperidine rings is 1. The first-order valence-electron chi connectivity index (χ1n) is 8.26. The zero-order valence-electron chi connectivity index (χ0n) is 13.2. The van der Waals surface area contributed by atoms with E-state index in [0.29, 0.717) is 5.92 Å². The van der Waals surface area contributed by atoms with Gasteiger partial charge < -0.3 is 15.0 Å². The second-order valence-corrected chi connectivity index (χ2v) is 7.33. The fourth-order valence-electron chi connectivity index (χ4n) is 3.14. The molecule has 1 aromatic rings. The Bertz CT molecular complexity index is 456. The SMILES string of the molecule is CCNCc1sc(N2CCCC(COC)C2)nc1C1CC1. The Balaban J connectivity index is 1.71. The van der Waals surface area contributed by atoms with Gasteiger partial charge in [-0.2, -0.15) is 0 Å². The van der Waals surface area contributed by atoms with Crippen LogP contribution in [0.3, 0.4) is 0 Å². The maximum absolute atomic E-state index is 5.34. The molecular formula is C16H27N3OS. The van der Waals surface area contributed by atoms with E-state index in [1.807, 2.05) is 18.4 Å². The molecule has 4 nitrogen and oxygen atoms in total. The normalized spacial score (nSPS) is 22.8. The third-order valence-corrected chi connectivity index (χ3v) is 5.54. The van der Waals surface area contributed by atoms with E-state index in [0.717, 1.165) is 38.7 Å². The van der Waals surface area contributed by atoms with Gasteiger partial charge in [-0.15, -0.1) is 11.3 Å². The van der Waals surface area contributed by atoms with Gasteiger partial charge >= 0.3 is 0 Å². The molecule has 1 unspecified atom stereocenters. The fraction of sp³-hybridized carbons (Fsp3) is 0.812. The van der Waals surface area contributed by atoms with E-state index >= 15 is 0 Å². The summed E-state index contributed by atoms with van der Waals surface area (Å²) in [4.78, 5) is 8.95. The maximum Gasteiger partial charge on any atom is 0.185 e. The lowest BCUT2D eigenvalue weighted by Gasteiger charge is -2.32. The molecule has 5 heteroatoms. The summed E-state index contributed by atoms with van der Waals surface area (Å²) in [7, 11) is 1.81. The van der Waals surface area contributed by atoms with Crippen LogP contribution in [0.4, 0.5) is 5.13 Å². The first kappa shape index (κ1) is 15.3. The molecule has 2 heterocycles. The first-order valence-corrected chi connectivity index (χ1v) is 9.07. The van der Waals surface area contributed by atoms with Gasteiger partial charge in [0.05, 0.1) is 12.3 Å². The number of aromatic nitrogens is 1.